The number of rotatable bonds is 4. The molecule has 7 heteroatoms. The Balaban J connectivity index is 1.61. The van der Waals surface area contributed by atoms with Gasteiger partial charge in [-0.05, 0) is 36.2 Å². The second kappa shape index (κ2) is 8.25. The van der Waals surface area contributed by atoms with Gasteiger partial charge in [0.25, 0.3) is 11.8 Å². The number of nitrogens with zero attached hydrogens (tertiary/aromatic N) is 2. The predicted octanol–water partition coefficient (Wildman–Crippen LogP) is 3.32. The van der Waals surface area contributed by atoms with E-state index in [0.29, 0.717) is 11.1 Å². The number of hydrogen-bond acceptors (Lipinski definition) is 5. The Morgan fingerprint density at radius 3 is 2.33 bits per heavy atom. The Morgan fingerprint density at radius 1 is 1.04 bits per heavy atom. The van der Waals surface area contributed by atoms with E-state index in [1.54, 1.807) is 5.38 Å². The van der Waals surface area contributed by atoms with E-state index in [0.717, 1.165) is 17.0 Å². The first kappa shape index (κ1) is 18.3. The summed E-state index contributed by atoms with van der Waals surface area (Å²) in [6, 6.07) is 16.1. The smallest absolute Gasteiger partial charge is 0.267 e. The van der Waals surface area contributed by atoms with Crippen molar-refractivity contribution in [2.75, 3.05) is 0 Å². The molecule has 0 bridgehead atoms. The third-order valence-corrected chi connectivity index (χ3v) is 4.80. The van der Waals surface area contributed by atoms with Crippen molar-refractivity contribution in [3.05, 3.63) is 76.3 Å². The van der Waals surface area contributed by atoms with E-state index in [9.17, 15) is 9.59 Å². The van der Waals surface area contributed by atoms with Gasteiger partial charge in [0.2, 0.25) is 0 Å². The normalized spacial score (nSPS) is 10.1. The summed E-state index contributed by atoms with van der Waals surface area (Å²) < 4.78 is 0. The van der Waals surface area contributed by atoms with Crippen molar-refractivity contribution >= 4 is 23.2 Å². The summed E-state index contributed by atoms with van der Waals surface area (Å²) in [5.41, 5.74) is 7.89. The van der Waals surface area contributed by atoms with E-state index in [4.69, 9.17) is 5.26 Å². The number of nitriles is 1. The Labute approximate surface area is 160 Å². The molecule has 3 rings (SSSR count). The second-order valence-corrected chi connectivity index (χ2v) is 6.54. The number of aryl methyl sites for hydroxylation is 1. The van der Waals surface area contributed by atoms with Crippen LogP contribution in [-0.4, -0.2) is 16.8 Å². The molecule has 0 saturated heterocycles. The zero-order valence-corrected chi connectivity index (χ0v) is 15.3. The summed E-state index contributed by atoms with van der Waals surface area (Å²) >= 11 is 1.36. The molecule has 6 nitrogen and oxygen atoms in total. The van der Waals surface area contributed by atoms with Gasteiger partial charge in [-0.25, -0.2) is 4.98 Å². The molecule has 0 unspecified atom stereocenters. The van der Waals surface area contributed by atoms with Crippen LogP contribution in [0.4, 0.5) is 0 Å². The topological polar surface area (TPSA) is 94.9 Å². The molecule has 0 fully saturated rings. The Morgan fingerprint density at radius 2 is 1.70 bits per heavy atom. The summed E-state index contributed by atoms with van der Waals surface area (Å²) in [6.07, 6.45) is 0.963. The highest BCUT2D eigenvalue weighted by Gasteiger charge is 2.13. The number of aromatic nitrogens is 1. The SMILES string of the molecule is CCc1ccc(-c2nc(C(=O)NNC(=O)c3ccc(C#N)cc3)cs2)cc1. The molecule has 0 aliphatic carbocycles. The van der Waals surface area contributed by atoms with Crippen molar-refractivity contribution in [1.82, 2.24) is 15.8 Å². The molecule has 3 aromatic rings. The number of hydrogen-bond donors (Lipinski definition) is 2. The van der Waals surface area contributed by atoms with E-state index in [1.807, 2.05) is 30.3 Å². The monoisotopic (exact) mass is 376 g/mol. The fraction of sp³-hybridized carbons (Fsp3) is 0.100. The first-order valence-electron chi connectivity index (χ1n) is 8.26. The number of carbonyl (C=O) groups is 2. The fourth-order valence-electron chi connectivity index (χ4n) is 2.34. The summed E-state index contributed by atoms with van der Waals surface area (Å²) in [7, 11) is 0. The zero-order chi connectivity index (χ0) is 19.2. The molecule has 0 aliphatic heterocycles. The molecule has 0 saturated carbocycles. The molecule has 27 heavy (non-hydrogen) atoms. The molecule has 2 N–H and O–H groups in total. The zero-order valence-electron chi connectivity index (χ0n) is 14.5. The highest BCUT2D eigenvalue weighted by atomic mass is 32.1. The van der Waals surface area contributed by atoms with Gasteiger partial charge in [-0.2, -0.15) is 5.26 Å². The molecule has 0 aliphatic rings. The maximum Gasteiger partial charge on any atom is 0.289 e. The van der Waals surface area contributed by atoms with Crippen LogP contribution in [0.2, 0.25) is 0 Å². The molecule has 0 spiro atoms. The lowest BCUT2D eigenvalue weighted by Crippen LogP contribution is -2.41. The van der Waals surface area contributed by atoms with Crippen LogP contribution in [0.5, 0.6) is 0 Å². The van der Waals surface area contributed by atoms with Gasteiger partial charge < -0.3 is 0 Å². The third-order valence-electron chi connectivity index (χ3n) is 3.91. The molecule has 1 aromatic heterocycles. The van der Waals surface area contributed by atoms with E-state index in [-0.39, 0.29) is 5.69 Å². The Bertz CT molecular complexity index is 1000. The van der Waals surface area contributed by atoms with Crippen LogP contribution in [0, 0.1) is 11.3 Å². The highest BCUT2D eigenvalue weighted by Crippen LogP contribution is 2.24. The van der Waals surface area contributed by atoms with Crippen LogP contribution < -0.4 is 10.9 Å². The number of amides is 2. The van der Waals surface area contributed by atoms with Gasteiger partial charge in [-0.3, -0.25) is 20.4 Å². The molecular formula is C20H16N4O2S. The van der Waals surface area contributed by atoms with Crippen molar-refractivity contribution in [3.8, 4) is 16.6 Å². The maximum atomic E-state index is 12.2. The largest absolute Gasteiger partial charge is 0.289 e. The van der Waals surface area contributed by atoms with Gasteiger partial charge in [-0.1, -0.05) is 31.2 Å². The van der Waals surface area contributed by atoms with E-state index in [1.165, 1.54) is 41.2 Å². The van der Waals surface area contributed by atoms with Crippen LogP contribution >= 0.6 is 11.3 Å². The van der Waals surface area contributed by atoms with Crippen LogP contribution in [0.15, 0.2) is 53.9 Å². The van der Waals surface area contributed by atoms with E-state index < -0.39 is 11.8 Å². The molecule has 0 radical (unpaired) electrons. The van der Waals surface area contributed by atoms with E-state index >= 15 is 0 Å². The molecular weight excluding hydrogens is 360 g/mol. The van der Waals surface area contributed by atoms with Gasteiger partial charge in [0.05, 0.1) is 11.6 Å². The van der Waals surface area contributed by atoms with Crippen molar-refractivity contribution in [2.45, 2.75) is 13.3 Å². The van der Waals surface area contributed by atoms with Crippen LogP contribution in [-0.2, 0) is 6.42 Å². The maximum absolute atomic E-state index is 12.2. The first-order chi connectivity index (χ1) is 13.1. The lowest BCUT2D eigenvalue weighted by molar-refractivity contribution is 0.0844. The third kappa shape index (κ3) is 4.37. The van der Waals surface area contributed by atoms with Crippen molar-refractivity contribution in [3.63, 3.8) is 0 Å². The summed E-state index contributed by atoms with van der Waals surface area (Å²) in [5, 5.41) is 11.1. The standard InChI is InChI=1S/C20H16N4O2S/c1-2-13-3-9-16(10-4-13)20-22-17(12-27-20)19(26)24-23-18(25)15-7-5-14(11-21)6-8-15/h3-10,12H,2H2,1H3,(H,23,25)(H,24,26). The number of nitrogens with one attached hydrogen (secondary N) is 2. The molecule has 0 atom stereocenters. The Kier molecular flexibility index (Phi) is 5.59. The summed E-state index contributed by atoms with van der Waals surface area (Å²) in [4.78, 5) is 28.6. The minimum Gasteiger partial charge on any atom is -0.267 e. The average Bonchev–Trinajstić information content (AvgIpc) is 3.22. The van der Waals surface area contributed by atoms with Gasteiger partial charge in [0, 0.05) is 16.5 Å². The van der Waals surface area contributed by atoms with Crippen LogP contribution in [0.25, 0.3) is 10.6 Å². The van der Waals surface area contributed by atoms with Gasteiger partial charge in [0.1, 0.15) is 10.7 Å². The number of benzene rings is 2. The fourth-order valence-corrected chi connectivity index (χ4v) is 3.15. The highest BCUT2D eigenvalue weighted by molar-refractivity contribution is 7.13. The minimum atomic E-state index is -0.496. The predicted molar refractivity (Wildman–Crippen MR) is 103 cm³/mol. The van der Waals surface area contributed by atoms with Crippen molar-refractivity contribution < 1.29 is 9.59 Å². The Hall–Kier alpha value is -3.50. The average molecular weight is 376 g/mol. The summed E-state index contributed by atoms with van der Waals surface area (Å²) in [5.74, 6) is -0.969. The number of carbonyl (C=O) groups excluding carboxylic acids is 2. The van der Waals surface area contributed by atoms with Gasteiger partial charge in [0.15, 0.2) is 0 Å². The lowest BCUT2D eigenvalue weighted by Gasteiger charge is -2.06. The number of thiazole rings is 1. The van der Waals surface area contributed by atoms with Crippen LogP contribution in [0.1, 0.15) is 38.9 Å². The van der Waals surface area contributed by atoms with E-state index in [2.05, 4.69) is 22.8 Å². The minimum absolute atomic E-state index is 0.231. The molecule has 1 heterocycles. The molecule has 2 aromatic carbocycles. The van der Waals surface area contributed by atoms with Crippen molar-refractivity contribution in [2.24, 2.45) is 0 Å². The number of hydrazine groups is 1. The molecule has 2 amide bonds. The second-order valence-electron chi connectivity index (χ2n) is 5.69. The lowest BCUT2D eigenvalue weighted by atomic mass is 10.1. The van der Waals surface area contributed by atoms with Crippen molar-refractivity contribution in [1.29, 1.82) is 5.26 Å². The summed E-state index contributed by atoms with van der Waals surface area (Å²) in [6.45, 7) is 2.09. The molecule has 134 valence electrons. The quantitative estimate of drug-likeness (QED) is 0.683. The first-order valence-corrected chi connectivity index (χ1v) is 9.14. The van der Waals surface area contributed by atoms with Gasteiger partial charge >= 0.3 is 0 Å². The van der Waals surface area contributed by atoms with Gasteiger partial charge in [-0.15, -0.1) is 11.3 Å². The van der Waals surface area contributed by atoms with Crippen LogP contribution in [0.3, 0.4) is 0 Å².